The highest BCUT2D eigenvalue weighted by molar-refractivity contribution is 7.17. The van der Waals surface area contributed by atoms with Crippen LogP contribution < -0.4 is 5.56 Å². The number of aromatic amines is 1. The summed E-state index contributed by atoms with van der Waals surface area (Å²) in [6, 6.07) is 9.32. The smallest absolute Gasteiger partial charge is 0.266 e. The van der Waals surface area contributed by atoms with Gasteiger partial charge in [0.1, 0.15) is 10.4 Å². The van der Waals surface area contributed by atoms with Crippen LogP contribution in [0.3, 0.4) is 0 Å². The van der Waals surface area contributed by atoms with Gasteiger partial charge in [-0.1, -0.05) is 6.07 Å². The molecule has 4 aromatic rings. The second kappa shape index (κ2) is 4.76. The third-order valence-corrected chi connectivity index (χ3v) is 4.75. The summed E-state index contributed by atoms with van der Waals surface area (Å²) < 4.78 is 0.576. The minimum atomic E-state index is -0.273. The van der Waals surface area contributed by atoms with Gasteiger partial charge in [-0.3, -0.25) is 4.79 Å². The number of thiophene rings is 1. The van der Waals surface area contributed by atoms with Crippen LogP contribution in [0.2, 0.25) is 0 Å². The highest BCUT2D eigenvalue weighted by Gasteiger charge is 2.16. The molecule has 2 aromatic heterocycles. The number of nitrogens with one attached hydrogen (secondary N) is 1. The molecule has 0 atom stereocenters. The number of aromatic nitrogens is 1. The molecule has 0 saturated carbocycles. The molecule has 6 heteroatoms. The largest absolute Gasteiger partial charge is 0.507 e. The van der Waals surface area contributed by atoms with Crippen molar-refractivity contribution in [2.45, 2.75) is 0 Å². The van der Waals surface area contributed by atoms with Gasteiger partial charge in [-0.2, -0.15) is 0 Å². The standard InChI is InChI=1S/C17H11NO4S/c19-11-3-1-8(7-13(11)21)14-12(20)4-2-10-15(14)9-5-6-23-16(9)17(22)18-10/h1-7,19-21H,(H,18,22). The van der Waals surface area contributed by atoms with Crippen LogP contribution in [0.25, 0.3) is 32.1 Å². The van der Waals surface area contributed by atoms with Crippen molar-refractivity contribution in [1.82, 2.24) is 4.98 Å². The molecule has 0 radical (unpaired) electrons. The van der Waals surface area contributed by atoms with E-state index in [1.54, 1.807) is 12.1 Å². The lowest BCUT2D eigenvalue weighted by Gasteiger charge is -2.11. The van der Waals surface area contributed by atoms with Gasteiger partial charge >= 0.3 is 0 Å². The van der Waals surface area contributed by atoms with Crippen molar-refractivity contribution in [1.29, 1.82) is 0 Å². The number of fused-ring (bicyclic) bond motifs is 3. The molecule has 0 amide bonds. The van der Waals surface area contributed by atoms with E-state index < -0.39 is 0 Å². The van der Waals surface area contributed by atoms with E-state index >= 15 is 0 Å². The quantitative estimate of drug-likeness (QED) is 0.403. The molecule has 4 rings (SSSR count). The summed E-state index contributed by atoms with van der Waals surface area (Å²) in [5.41, 5.74) is 1.47. The Morgan fingerprint density at radius 3 is 2.48 bits per heavy atom. The molecule has 2 aromatic carbocycles. The predicted molar refractivity (Wildman–Crippen MR) is 90.4 cm³/mol. The van der Waals surface area contributed by atoms with Gasteiger partial charge in [0.2, 0.25) is 0 Å². The maximum Gasteiger partial charge on any atom is 0.266 e. The Kier molecular flexibility index (Phi) is 2.82. The summed E-state index contributed by atoms with van der Waals surface area (Å²) >= 11 is 1.33. The number of aromatic hydroxyl groups is 3. The number of phenols is 3. The Morgan fingerprint density at radius 1 is 0.913 bits per heavy atom. The van der Waals surface area contributed by atoms with Gasteiger partial charge in [0, 0.05) is 21.9 Å². The first kappa shape index (κ1) is 13.7. The Labute approximate surface area is 133 Å². The molecule has 0 bridgehead atoms. The van der Waals surface area contributed by atoms with Gasteiger partial charge in [0.05, 0.1) is 0 Å². The minimum Gasteiger partial charge on any atom is -0.507 e. The highest BCUT2D eigenvalue weighted by atomic mass is 32.1. The van der Waals surface area contributed by atoms with Crippen LogP contribution in [0.4, 0.5) is 0 Å². The fraction of sp³-hybridized carbons (Fsp3) is 0. The SMILES string of the molecule is O=c1[nH]c2ccc(O)c(-c3ccc(O)c(O)c3)c2c2ccsc12. The Morgan fingerprint density at radius 2 is 1.70 bits per heavy atom. The fourth-order valence-electron chi connectivity index (χ4n) is 2.81. The lowest BCUT2D eigenvalue weighted by molar-refractivity contribution is 0.404. The number of benzene rings is 2. The lowest BCUT2D eigenvalue weighted by atomic mass is 9.97. The zero-order chi connectivity index (χ0) is 16.1. The first-order valence-electron chi connectivity index (χ1n) is 6.84. The van der Waals surface area contributed by atoms with Gasteiger partial charge in [0.25, 0.3) is 5.56 Å². The van der Waals surface area contributed by atoms with E-state index in [0.29, 0.717) is 26.7 Å². The minimum absolute atomic E-state index is 0.0298. The van der Waals surface area contributed by atoms with Crippen LogP contribution in [0.5, 0.6) is 17.2 Å². The maximum absolute atomic E-state index is 12.1. The maximum atomic E-state index is 12.1. The zero-order valence-corrected chi connectivity index (χ0v) is 12.5. The average Bonchev–Trinajstić information content (AvgIpc) is 3.01. The molecular formula is C17H11NO4S. The van der Waals surface area contributed by atoms with Crippen molar-refractivity contribution in [3.63, 3.8) is 0 Å². The molecule has 0 aliphatic carbocycles. The van der Waals surface area contributed by atoms with Gasteiger partial charge in [-0.15, -0.1) is 11.3 Å². The van der Waals surface area contributed by atoms with Crippen molar-refractivity contribution in [3.05, 3.63) is 52.1 Å². The molecule has 0 aliphatic heterocycles. The van der Waals surface area contributed by atoms with E-state index in [2.05, 4.69) is 4.98 Å². The average molecular weight is 325 g/mol. The third kappa shape index (κ3) is 1.96. The summed E-state index contributed by atoms with van der Waals surface area (Å²) in [7, 11) is 0. The summed E-state index contributed by atoms with van der Waals surface area (Å²) in [5.74, 6) is -0.477. The molecule has 0 saturated heterocycles. The van der Waals surface area contributed by atoms with Crippen LogP contribution in [0.15, 0.2) is 46.6 Å². The van der Waals surface area contributed by atoms with Gasteiger partial charge in [0.15, 0.2) is 11.5 Å². The van der Waals surface area contributed by atoms with Gasteiger partial charge in [-0.05, 0) is 41.3 Å². The zero-order valence-electron chi connectivity index (χ0n) is 11.7. The summed E-state index contributed by atoms with van der Waals surface area (Å²) in [6.45, 7) is 0. The van der Waals surface area contributed by atoms with Crippen molar-refractivity contribution in [3.8, 4) is 28.4 Å². The molecule has 0 unspecified atom stereocenters. The molecule has 0 aliphatic rings. The number of phenolic OH excluding ortho intramolecular Hbond substituents is 3. The van der Waals surface area contributed by atoms with Crippen molar-refractivity contribution >= 4 is 32.3 Å². The fourth-order valence-corrected chi connectivity index (χ4v) is 3.60. The van der Waals surface area contributed by atoms with E-state index in [-0.39, 0.29) is 22.8 Å². The molecular weight excluding hydrogens is 314 g/mol. The second-order valence-corrected chi connectivity index (χ2v) is 6.12. The van der Waals surface area contributed by atoms with Crippen LogP contribution in [-0.4, -0.2) is 20.3 Å². The summed E-state index contributed by atoms with van der Waals surface area (Å²) in [5, 5.41) is 32.9. The van der Waals surface area contributed by atoms with Crippen LogP contribution in [0.1, 0.15) is 0 Å². The van der Waals surface area contributed by atoms with E-state index in [0.717, 1.165) is 5.39 Å². The Bertz CT molecular complexity index is 1130. The molecule has 0 spiro atoms. The molecule has 23 heavy (non-hydrogen) atoms. The van der Waals surface area contributed by atoms with Crippen LogP contribution >= 0.6 is 11.3 Å². The Hall–Kier alpha value is -2.99. The normalized spacial score (nSPS) is 11.3. The molecule has 4 N–H and O–H groups in total. The third-order valence-electron chi connectivity index (χ3n) is 3.84. The van der Waals surface area contributed by atoms with Crippen LogP contribution in [-0.2, 0) is 0 Å². The molecule has 5 nitrogen and oxygen atoms in total. The monoisotopic (exact) mass is 325 g/mol. The lowest BCUT2D eigenvalue weighted by Crippen LogP contribution is -2.04. The number of H-pyrrole nitrogens is 1. The predicted octanol–water partition coefficient (Wildman–Crippen LogP) is 3.53. The van der Waals surface area contributed by atoms with E-state index in [1.165, 1.54) is 29.5 Å². The van der Waals surface area contributed by atoms with Gasteiger partial charge < -0.3 is 20.3 Å². The highest BCUT2D eigenvalue weighted by Crippen LogP contribution is 2.41. The first-order valence-corrected chi connectivity index (χ1v) is 7.72. The van der Waals surface area contributed by atoms with Crippen LogP contribution in [0, 0.1) is 0 Å². The number of pyridine rings is 1. The molecule has 2 heterocycles. The second-order valence-electron chi connectivity index (χ2n) is 5.20. The van der Waals surface area contributed by atoms with Crippen molar-refractivity contribution in [2.24, 2.45) is 0 Å². The Balaban J connectivity index is 2.21. The molecule has 114 valence electrons. The summed E-state index contributed by atoms with van der Waals surface area (Å²) in [4.78, 5) is 14.9. The van der Waals surface area contributed by atoms with Gasteiger partial charge in [-0.25, -0.2) is 0 Å². The van der Waals surface area contributed by atoms with E-state index in [4.69, 9.17) is 0 Å². The topological polar surface area (TPSA) is 93.6 Å². The van der Waals surface area contributed by atoms with Crippen molar-refractivity contribution < 1.29 is 15.3 Å². The van der Waals surface area contributed by atoms with E-state index in [1.807, 2.05) is 11.4 Å². The molecule has 0 fully saturated rings. The number of rotatable bonds is 1. The first-order chi connectivity index (χ1) is 11.1. The van der Waals surface area contributed by atoms with E-state index in [9.17, 15) is 20.1 Å². The number of hydrogen-bond acceptors (Lipinski definition) is 5. The summed E-state index contributed by atoms with van der Waals surface area (Å²) in [6.07, 6.45) is 0. The van der Waals surface area contributed by atoms with Crippen molar-refractivity contribution in [2.75, 3.05) is 0 Å². The number of hydrogen-bond donors (Lipinski definition) is 4.